The van der Waals surface area contributed by atoms with Gasteiger partial charge in [-0.25, -0.2) is 0 Å². The maximum Gasteiger partial charge on any atom is 0.242 e. The van der Waals surface area contributed by atoms with E-state index in [1.165, 1.54) is 0 Å². The number of hydrogen-bond donors (Lipinski definition) is 1. The fraction of sp³-hybridized carbons (Fsp3) is 0.471. The molecule has 1 N–H and O–H groups in total. The molecular weight excluding hydrogens is 340 g/mol. The summed E-state index contributed by atoms with van der Waals surface area (Å²) in [6.45, 7) is 0.881. The first-order valence-electron chi connectivity index (χ1n) is 8.22. The van der Waals surface area contributed by atoms with Gasteiger partial charge in [-0.05, 0) is 31.8 Å². The van der Waals surface area contributed by atoms with Crippen LogP contribution in [0.1, 0.15) is 23.3 Å². The van der Waals surface area contributed by atoms with Crippen molar-refractivity contribution < 1.29 is 23.5 Å². The number of methoxy groups -OCH3 is 1. The number of rotatable bonds is 8. The van der Waals surface area contributed by atoms with Crippen molar-refractivity contribution in [2.24, 2.45) is 0 Å². The molecule has 0 bridgehead atoms. The molecule has 3 rings (SSSR count). The lowest BCUT2D eigenvalue weighted by Gasteiger charge is -2.23. The van der Waals surface area contributed by atoms with E-state index in [-0.39, 0.29) is 19.2 Å². The van der Waals surface area contributed by atoms with Gasteiger partial charge in [-0.2, -0.15) is 4.98 Å². The van der Waals surface area contributed by atoms with E-state index in [0.29, 0.717) is 36.2 Å². The fourth-order valence-electron chi connectivity index (χ4n) is 2.68. The minimum atomic E-state index is -0.482. The molecule has 1 atom stereocenters. The summed E-state index contributed by atoms with van der Waals surface area (Å²) in [6.07, 6.45) is 0.537. The fourth-order valence-corrected chi connectivity index (χ4v) is 2.68. The predicted octanol–water partition coefficient (Wildman–Crippen LogP) is 0.906. The number of ether oxygens (including phenoxy) is 3. The molecule has 140 valence electrons. The van der Waals surface area contributed by atoms with Crippen LogP contribution >= 0.6 is 0 Å². The largest absolute Gasteiger partial charge is 0.454 e. The molecule has 9 heteroatoms. The van der Waals surface area contributed by atoms with Crippen molar-refractivity contribution in [2.75, 3.05) is 34.6 Å². The molecule has 0 radical (unpaired) electrons. The maximum atomic E-state index is 12.7. The first-order valence-corrected chi connectivity index (χ1v) is 8.22. The van der Waals surface area contributed by atoms with Crippen molar-refractivity contribution in [3.8, 4) is 11.5 Å². The van der Waals surface area contributed by atoms with E-state index >= 15 is 0 Å². The van der Waals surface area contributed by atoms with Crippen LogP contribution in [0.15, 0.2) is 22.7 Å². The molecule has 0 spiro atoms. The van der Waals surface area contributed by atoms with Crippen molar-refractivity contribution in [3.05, 3.63) is 35.5 Å². The zero-order chi connectivity index (χ0) is 18.5. The highest BCUT2D eigenvalue weighted by Gasteiger charge is 2.25. The van der Waals surface area contributed by atoms with Crippen LogP contribution in [-0.2, 0) is 22.5 Å². The van der Waals surface area contributed by atoms with Gasteiger partial charge >= 0.3 is 0 Å². The molecule has 1 amide bonds. The molecule has 0 saturated heterocycles. The second-order valence-electron chi connectivity index (χ2n) is 6.04. The summed E-state index contributed by atoms with van der Waals surface area (Å²) in [7, 11) is 5.28. The third kappa shape index (κ3) is 4.12. The van der Waals surface area contributed by atoms with Gasteiger partial charge in [0, 0.05) is 7.11 Å². The van der Waals surface area contributed by atoms with Gasteiger partial charge in [0.2, 0.25) is 18.6 Å². The minimum Gasteiger partial charge on any atom is -0.454 e. The Morgan fingerprint density at radius 2 is 2.15 bits per heavy atom. The lowest BCUT2D eigenvalue weighted by atomic mass is 10.0. The number of aromatic nitrogens is 2. The van der Waals surface area contributed by atoms with E-state index in [1.807, 2.05) is 37.2 Å². The molecule has 1 aliphatic heterocycles. The summed E-state index contributed by atoms with van der Waals surface area (Å²) in [4.78, 5) is 18.8. The van der Waals surface area contributed by atoms with Crippen molar-refractivity contribution in [1.29, 1.82) is 0 Å². The highest BCUT2D eigenvalue weighted by Crippen LogP contribution is 2.35. The molecule has 26 heavy (non-hydrogen) atoms. The highest BCUT2D eigenvalue weighted by molar-refractivity contribution is 5.83. The molecule has 1 unspecified atom stereocenters. The topological polar surface area (TPSA) is 99.0 Å². The smallest absolute Gasteiger partial charge is 0.242 e. The van der Waals surface area contributed by atoms with Crippen molar-refractivity contribution >= 4 is 5.91 Å². The van der Waals surface area contributed by atoms with E-state index in [4.69, 9.17) is 18.7 Å². The van der Waals surface area contributed by atoms with Gasteiger partial charge in [-0.3, -0.25) is 9.69 Å². The average Bonchev–Trinajstić information content (AvgIpc) is 3.26. The van der Waals surface area contributed by atoms with Crippen LogP contribution in [0.4, 0.5) is 0 Å². The van der Waals surface area contributed by atoms with E-state index in [2.05, 4.69) is 15.5 Å². The summed E-state index contributed by atoms with van der Waals surface area (Å²) in [6, 6.07) is 5.01. The standard InChI is InChI=1S/C17H22N4O5/c1-21(2)16(11-4-5-12-13(8-11)25-10-24-12)17(22)18-9-14-19-15(26-20-14)6-7-23-3/h4-5,8,16H,6-7,9-10H2,1-3H3,(H,18,22). The highest BCUT2D eigenvalue weighted by atomic mass is 16.7. The first-order chi connectivity index (χ1) is 12.6. The zero-order valence-corrected chi connectivity index (χ0v) is 15.0. The number of hydrogen-bond acceptors (Lipinski definition) is 8. The van der Waals surface area contributed by atoms with Gasteiger partial charge in [-0.15, -0.1) is 0 Å². The first kappa shape index (κ1) is 18.2. The number of benzene rings is 1. The van der Waals surface area contributed by atoms with Crippen LogP contribution in [0.2, 0.25) is 0 Å². The Morgan fingerprint density at radius 3 is 2.92 bits per heavy atom. The van der Waals surface area contributed by atoms with Crippen LogP contribution in [0.25, 0.3) is 0 Å². The number of nitrogens with one attached hydrogen (secondary N) is 1. The van der Waals surface area contributed by atoms with Gasteiger partial charge < -0.3 is 24.1 Å². The Bertz CT molecular complexity index is 761. The minimum absolute atomic E-state index is 0.169. The van der Waals surface area contributed by atoms with Gasteiger partial charge in [-0.1, -0.05) is 11.2 Å². The summed E-state index contributed by atoms with van der Waals surface area (Å²) in [5.74, 6) is 2.06. The summed E-state index contributed by atoms with van der Waals surface area (Å²) in [5, 5.41) is 6.71. The van der Waals surface area contributed by atoms with Crippen molar-refractivity contribution in [1.82, 2.24) is 20.4 Å². The quantitative estimate of drug-likeness (QED) is 0.740. The monoisotopic (exact) mass is 362 g/mol. The number of nitrogens with zero attached hydrogens (tertiary/aromatic N) is 3. The Labute approximate surface area is 151 Å². The summed E-state index contributed by atoms with van der Waals surface area (Å²) >= 11 is 0. The molecule has 1 aromatic carbocycles. The van der Waals surface area contributed by atoms with E-state index < -0.39 is 6.04 Å². The second kappa shape index (κ2) is 8.15. The zero-order valence-electron chi connectivity index (χ0n) is 15.0. The van der Waals surface area contributed by atoms with Crippen LogP contribution in [0, 0.1) is 0 Å². The van der Waals surface area contributed by atoms with Crippen molar-refractivity contribution in [2.45, 2.75) is 19.0 Å². The van der Waals surface area contributed by atoms with E-state index in [9.17, 15) is 4.79 Å². The third-order valence-electron chi connectivity index (χ3n) is 3.93. The number of carbonyl (C=O) groups is 1. The lowest BCUT2D eigenvalue weighted by Crippen LogP contribution is -2.36. The maximum absolute atomic E-state index is 12.7. The van der Waals surface area contributed by atoms with Crippen molar-refractivity contribution in [3.63, 3.8) is 0 Å². The molecule has 1 aromatic heterocycles. The molecule has 1 aliphatic rings. The number of amides is 1. The van der Waals surface area contributed by atoms with Gasteiger partial charge in [0.15, 0.2) is 17.3 Å². The van der Waals surface area contributed by atoms with Crippen LogP contribution in [0.3, 0.4) is 0 Å². The summed E-state index contributed by atoms with van der Waals surface area (Å²) < 4.78 is 20.8. The Kier molecular flexibility index (Phi) is 5.69. The average molecular weight is 362 g/mol. The lowest BCUT2D eigenvalue weighted by molar-refractivity contribution is -0.126. The Hall–Kier alpha value is -2.65. The van der Waals surface area contributed by atoms with Gasteiger partial charge in [0.1, 0.15) is 6.04 Å². The number of carbonyl (C=O) groups excluding carboxylic acids is 1. The second-order valence-corrected chi connectivity index (χ2v) is 6.04. The Morgan fingerprint density at radius 1 is 1.35 bits per heavy atom. The molecule has 0 saturated carbocycles. The van der Waals surface area contributed by atoms with Crippen LogP contribution in [-0.4, -0.2) is 55.6 Å². The van der Waals surface area contributed by atoms with Gasteiger partial charge in [0.25, 0.3) is 0 Å². The predicted molar refractivity (Wildman–Crippen MR) is 90.7 cm³/mol. The van der Waals surface area contributed by atoms with Gasteiger partial charge in [0.05, 0.1) is 19.6 Å². The Balaban J connectivity index is 1.65. The van der Waals surface area contributed by atoms with Crippen LogP contribution in [0.5, 0.6) is 11.5 Å². The SMILES string of the molecule is COCCc1nc(CNC(=O)C(c2ccc3c(c2)OCO3)N(C)C)no1. The van der Waals surface area contributed by atoms with E-state index in [1.54, 1.807) is 7.11 Å². The third-order valence-corrected chi connectivity index (χ3v) is 3.93. The molecule has 2 heterocycles. The molecule has 0 aliphatic carbocycles. The number of likely N-dealkylation sites (N-methyl/N-ethyl adjacent to an activating group) is 1. The van der Waals surface area contributed by atoms with E-state index in [0.717, 1.165) is 5.56 Å². The molecular formula is C17H22N4O5. The number of fused-ring (bicyclic) bond motifs is 1. The molecule has 2 aromatic rings. The van der Waals surface area contributed by atoms with Crippen LogP contribution < -0.4 is 14.8 Å². The molecule has 9 nitrogen and oxygen atoms in total. The summed E-state index contributed by atoms with van der Waals surface area (Å²) in [5.41, 5.74) is 0.811. The normalized spacial score (nSPS) is 13.8. The molecule has 0 fully saturated rings.